The first kappa shape index (κ1) is 36.2. The molecule has 0 spiro atoms. The summed E-state index contributed by atoms with van der Waals surface area (Å²) in [5.41, 5.74) is 18.3. The van der Waals surface area contributed by atoms with E-state index in [9.17, 15) is 0 Å². The molecule has 1 heterocycles. The van der Waals surface area contributed by atoms with Gasteiger partial charge in [0, 0.05) is 27.7 Å². The fraction of sp³-hybridized carbons (Fsp3) is 0.0169. The fourth-order valence-corrected chi connectivity index (χ4v) is 9.63. The highest BCUT2D eigenvalue weighted by atomic mass is 16.3. The van der Waals surface area contributed by atoms with Crippen molar-refractivity contribution < 1.29 is 4.42 Å². The monoisotopic (exact) mass is 779 g/mol. The van der Waals surface area contributed by atoms with E-state index >= 15 is 0 Å². The molecule has 0 bridgehead atoms. The zero-order valence-corrected chi connectivity index (χ0v) is 33.6. The number of furan rings is 1. The predicted molar refractivity (Wildman–Crippen MR) is 257 cm³/mol. The summed E-state index contributed by atoms with van der Waals surface area (Å²) in [4.78, 5) is 2.36. The van der Waals surface area contributed by atoms with Crippen molar-refractivity contribution >= 4 is 51.2 Å². The van der Waals surface area contributed by atoms with Gasteiger partial charge in [0.05, 0.1) is 11.1 Å². The lowest BCUT2D eigenvalue weighted by Crippen LogP contribution is -2.28. The van der Waals surface area contributed by atoms with Gasteiger partial charge in [-0.2, -0.15) is 0 Å². The van der Waals surface area contributed by atoms with Crippen LogP contribution < -0.4 is 4.90 Å². The van der Waals surface area contributed by atoms with Gasteiger partial charge in [0.25, 0.3) is 0 Å². The molecule has 0 N–H and O–H groups in total. The second-order valence-electron chi connectivity index (χ2n) is 15.7. The summed E-state index contributed by atoms with van der Waals surface area (Å²) >= 11 is 0. The summed E-state index contributed by atoms with van der Waals surface area (Å²) < 4.78 is 7.07. The predicted octanol–water partition coefficient (Wildman–Crippen LogP) is 16.0. The van der Waals surface area contributed by atoms with Crippen LogP contribution in [0.25, 0.3) is 67.5 Å². The molecule has 0 unspecified atom stereocenters. The third-order valence-electron chi connectivity index (χ3n) is 12.5. The molecule has 0 fully saturated rings. The van der Waals surface area contributed by atoms with Crippen LogP contribution in [0.5, 0.6) is 0 Å². The largest absolute Gasteiger partial charge is 0.453 e. The van der Waals surface area contributed by atoms with E-state index in [1.807, 2.05) is 12.2 Å². The molecule has 61 heavy (non-hydrogen) atoms. The number of benzene rings is 9. The number of hydrogen-bond acceptors (Lipinski definition) is 2. The second kappa shape index (κ2) is 14.7. The Bertz CT molecular complexity index is 3200. The molecule has 0 aliphatic heterocycles. The normalized spacial score (nSPS) is 12.5. The molecule has 1 aliphatic carbocycles. The number of anilines is 3. The topological polar surface area (TPSA) is 16.4 Å². The van der Waals surface area contributed by atoms with E-state index in [4.69, 9.17) is 4.42 Å². The molecule has 0 saturated heterocycles. The fourth-order valence-electron chi connectivity index (χ4n) is 9.63. The van der Waals surface area contributed by atoms with Crippen molar-refractivity contribution in [3.8, 4) is 33.4 Å². The first-order chi connectivity index (χ1) is 30.1. The summed E-state index contributed by atoms with van der Waals surface area (Å²) in [6.07, 6.45) is 3.81. The van der Waals surface area contributed by atoms with Crippen LogP contribution in [-0.4, -0.2) is 0 Å². The molecule has 1 aliphatic rings. The number of hydrogen-bond donors (Lipinski definition) is 0. The van der Waals surface area contributed by atoms with Crippen molar-refractivity contribution in [2.45, 2.75) is 5.41 Å². The van der Waals surface area contributed by atoms with Gasteiger partial charge in [0.1, 0.15) is 5.58 Å². The van der Waals surface area contributed by atoms with E-state index in [1.165, 1.54) is 38.9 Å². The lowest BCUT2D eigenvalue weighted by Gasteiger charge is -2.34. The average Bonchev–Trinajstić information content (AvgIpc) is 3.87. The van der Waals surface area contributed by atoms with E-state index in [1.54, 1.807) is 0 Å². The standard InChI is InChI=1S/C59H41NO/c1-3-40-25-31-45(32-26-40)59(46-33-27-41(4-2)28-34-46)54-23-12-11-19-50(54)53-39-48(37-38-55(53)59)60(47-35-29-43(30-36-47)42-15-7-5-8-16-42)56-24-14-22-52-51-21-13-20-49(57(51)61-58(52)56)44-17-9-6-10-18-44/h3-39H,1-2H2. The number of nitrogens with zero attached hydrogens (tertiary/aromatic N) is 1. The van der Waals surface area contributed by atoms with Gasteiger partial charge in [0.15, 0.2) is 5.58 Å². The van der Waals surface area contributed by atoms with Crippen LogP contribution in [0.1, 0.15) is 33.4 Å². The molecule has 0 atom stereocenters. The highest BCUT2D eigenvalue weighted by Gasteiger charge is 2.46. The van der Waals surface area contributed by atoms with Gasteiger partial charge < -0.3 is 9.32 Å². The smallest absolute Gasteiger partial charge is 0.159 e. The Morgan fingerprint density at radius 1 is 0.393 bits per heavy atom. The Morgan fingerprint density at radius 2 is 0.918 bits per heavy atom. The lowest BCUT2D eigenvalue weighted by atomic mass is 9.67. The van der Waals surface area contributed by atoms with Gasteiger partial charge in [-0.3, -0.25) is 0 Å². The first-order valence-corrected chi connectivity index (χ1v) is 20.8. The van der Waals surface area contributed by atoms with E-state index in [0.717, 1.165) is 66.8 Å². The highest BCUT2D eigenvalue weighted by molar-refractivity contribution is 6.13. The van der Waals surface area contributed by atoms with Crippen LogP contribution in [0.4, 0.5) is 17.1 Å². The number of fused-ring (bicyclic) bond motifs is 6. The molecule has 10 aromatic rings. The van der Waals surface area contributed by atoms with Gasteiger partial charge in [-0.05, 0) is 91.5 Å². The molecule has 0 saturated carbocycles. The summed E-state index contributed by atoms with van der Waals surface area (Å²) in [5.74, 6) is 0. The zero-order valence-electron chi connectivity index (χ0n) is 33.6. The molecular weight excluding hydrogens is 739 g/mol. The lowest BCUT2D eigenvalue weighted by molar-refractivity contribution is 0.670. The number of para-hydroxylation sites is 2. The van der Waals surface area contributed by atoms with Crippen molar-refractivity contribution in [3.63, 3.8) is 0 Å². The summed E-state index contributed by atoms with van der Waals surface area (Å²) in [6, 6.07) is 76.6. The van der Waals surface area contributed by atoms with Crippen molar-refractivity contribution in [2.75, 3.05) is 4.90 Å². The third-order valence-corrected chi connectivity index (χ3v) is 12.5. The van der Waals surface area contributed by atoms with E-state index in [-0.39, 0.29) is 0 Å². The average molecular weight is 780 g/mol. The third kappa shape index (κ3) is 5.79. The van der Waals surface area contributed by atoms with Crippen LogP contribution in [0.15, 0.2) is 230 Å². The van der Waals surface area contributed by atoms with Gasteiger partial charge in [-0.25, -0.2) is 0 Å². The zero-order chi connectivity index (χ0) is 40.9. The highest BCUT2D eigenvalue weighted by Crippen LogP contribution is 2.57. The minimum absolute atomic E-state index is 0.557. The van der Waals surface area contributed by atoms with E-state index in [2.05, 4.69) is 230 Å². The van der Waals surface area contributed by atoms with Gasteiger partial charge in [-0.1, -0.05) is 207 Å². The van der Waals surface area contributed by atoms with Crippen molar-refractivity contribution in [1.29, 1.82) is 0 Å². The van der Waals surface area contributed by atoms with Gasteiger partial charge >= 0.3 is 0 Å². The Labute approximate surface area is 356 Å². The Kier molecular flexibility index (Phi) is 8.72. The molecule has 2 nitrogen and oxygen atoms in total. The van der Waals surface area contributed by atoms with Crippen molar-refractivity contribution in [1.82, 2.24) is 0 Å². The second-order valence-corrected chi connectivity index (χ2v) is 15.7. The molecule has 288 valence electrons. The van der Waals surface area contributed by atoms with E-state index < -0.39 is 5.41 Å². The van der Waals surface area contributed by atoms with Crippen LogP contribution in [0, 0.1) is 0 Å². The van der Waals surface area contributed by atoms with E-state index in [0.29, 0.717) is 0 Å². The van der Waals surface area contributed by atoms with Gasteiger partial charge in [0.2, 0.25) is 0 Å². The quantitative estimate of drug-likeness (QED) is 0.145. The molecule has 0 amide bonds. The summed E-state index contributed by atoms with van der Waals surface area (Å²) in [6.45, 7) is 8.10. The molecule has 11 rings (SSSR count). The molecule has 1 aromatic heterocycles. The van der Waals surface area contributed by atoms with Crippen LogP contribution >= 0.6 is 0 Å². The molecule has 0 radical (unpaired) electrons. The molecule has 2 heteroatoms. The van der Waals surface area contributed by atoms with Crippen molar-refractivity contribution in [3.05, 3.63) is 259 Å². The SMILES string of the molecule is C=Cc1ccc(C2(c3ccc(C=C)cc3)c3ccccc3-c3cc(N(c4ccc(-c5ccccc5)cc4)c4cccc5c4oc4c(-c6ccccc6)cccc45)ccc32)cc1. The van der Waals surface area contributed by atoms with Crippen LogP contribution in [0.2, 0.25) is 0 Å². The van der Waals surface area contributed by atoms with Crippen LogP contribution in [-0.2, 0) is 5.41 Å². The van der Waals surface area contributed by atoms with Crippen LogP contribution in [0.3, 0.4) is 0 Å². The minimum atomic E-state index is -0.557. The van der Waals surface area contributed by atoms with Crippen molar-refractivity contribution in [2.24, 2.45) is 0 Å². The Hall–Kier alpha value is -7.94. The van der Waals surface area contributed by atoms with Gasteiger partial charge in [-0.15, -0.1) is 0 Å². The maximum absolute atomic E-state index is 7.07. The first-order valence-electron chi connectivity index (χ1n) is 20.8. The Morgan fingerprint density at radius 3 is 1.57 bits per heavy atom. The maximum Gasteiger partial charge on any atom is 0.159 e. The maximum atomic E-state index is 7.07. The molecular formula is C59H41NO. The summed E-state index contributed by atoms with van der Waals surface area (Å²) in [5, 5.41) is 2.17. The summed E-state index contributed by atoms with van der Waals surface area (Å²) in [7, 11) is 0. The Balaban J connectivity index is 1.16. The molecule has 9 aromatic carbocycles. The minimum Gasteiger partial charge on any atom is -0.453 e. The number of rotatable bonds is 9.